The molecule has 1 saturated carbocycles. The van der Waals surface area contributed by atoms with Crippen molar-refractivity contribution in [3.63, 3.8) is 0 Å². The number of anilines is 1. The third-order valence-corrected chi connectivity index (χ3v) is 3.23. The van der Waals surface area contributed by atoms with E-state index in [2.05, 4.69) is 5.32 Å². The molecule has 6 heteroatoms. The van der Waals surface area contributed by atoms with Crippen LogP contribution in [-0.2, 0) is 4.79 Å². The average molecular weight is 287 g/mol. The molecular formula is C13H16ClFN2O2. The van der Waals surface area contributed by atoms with Gasteiger partial charge in [-0.2, -0.15) is 0 Å². The van der Waals surface area contributed by atoms with Crippen molar-refractivity contribution >= 4 is 23.2 Å². The Morgan fingerprint density at radius 1 is 1.53 bits per heavy atom. The van der Waals surface area contributed by atoms with Crippen LogP contribution in [-0.4, -0.2) is 41.7 Å². The van der Waals surface area contributed by atoms with E-state index in [1.54, 1.807) is 0 Å². The van der Waals surface area contributed by atoms with Gasteiger partial charge in [-0.15, -0.1) is 0 Å². The first-order valence-corrected chi connectivity index (χ1v) is 6.58. The van der Waals surface area contributed by atoms with Crippen LogP contribution in [0.15, 0.2) is 18.2 Å². The third kappa shape index (κ3) is 4.16. The van der Waals surface area contributed by atoms with Gasteiger partial charge in [0.2, 0.25) is 5.91 Å². The molecular weight excluding hydrogens is 271 g/mol. The fraction of sp³-hybridized carbons (Fsp3) is 0.462. The van der Waals surface area contributed by atoms with Crippen LogP contribution in [0.4, 0.5) is 10.1 Å². The average Bonchev–Trinajstić information content (AvgIpc) is 3.17. The molecule has 2 N–H and O–H groups in total. The lowest BCUT2D eigenvalue weighted by Gasteiger charge is -2.20. The molecule has 0 spiro atoms. The summed E-state index contributed by atoms with van der Waals surface area (Å²) in [6.45, 7) is 0.614. The zero-order chi connectivity index (χ0) is 13.8. The van der Waals surface area contributed by atoms with Crippen molar-refractivity contribution in [3.05, 3.63) is 29.0 Å². The molecule has 19 heavy (non-hydrogen) atoms. The number of nitrogens with zero attached hydrogens (tertiary/aromatic N) is 1. The van der Waals surface area contributed by atoms with Crippen molar-refractivity contribution < 1.29 is 14.3 Å². The summed E-state index contributed by atoms with van der Waals surface area (Å²) in [6, 6.07) is 4.38. The Hall–Kier alpha value is -1.17. The van der Waals surface area contributed by atoms with Gasteiger partial charge in [0.05, 0.1) is 18.8 Å². The van der Waals surface area contributed by atoms with E-state index in [-0.39, 0.29) is 24.7 Å². The highest BCUT2D eigenvalue weighted by molar-refractivity contribution is 6.30. The molecule has 0 radical (unpaired) electrons. The topological polar surface area (TPSA) is 52.6 Å². The number of carbonyl (C=O) groups excluding carboxylic acids is 1. The van der Waals surface area contributed by atoms with Gasteiger partial charge < -0.3 is 10.4 Å². The number of benzene rings is 1. The molecule has 0 saturated heterocycles. The van der Waals surface area contributed by atoms with Gasteiger partial charge in [0, 0.05) is 17.6 Å². The highest BCUT2D eigenvalue weighted by Gasteiger charge is 2.29. The second kappa shape index (κ2) is 6.32. The van der Waals surface area contributed by atoms with Crippen LogP contribution >= 0.6 is 11.6 Å². The van der Waals surface area contributed by atoms with Gasteiger partial charge in [0.15, 0.2) is 0 Å². The van der Waals surface area contributed by atoms with Crippen LogP contribution in [0.1, 0.15) is 12.8 Å². The van der Waals surface area contributed by atoms with E-state index in [4.69, 9.17) is 16.7 Å². The molecule has 0 bridgehead atoms. The summed E-state index contributed by atoms with van der Waals surface area (Å²) < 4.78 is 13.5. The molecule has 1 aliphatic rings. The van der Waals surface area contributed by atoms with Crippen LogP contribution in [0.2, 0.25) is 5.02 Å². The van der Waals surface area contributed by atoms with E-state index >= 15 is 0 Å². The van der Waals surface area contributed by atoms with Crippen LogP contribution in [0, 0.1) is 5.82 Å². The zero-order valence-corrected chi connectivity index (χ0v) is 11.2. The van der Waals surface area contributed by atoms with E-state index in [9.17, 15) is 9.18 Å². The normalized spacial score (nSPS) is 14.7. The lowest BCUT2D eigenvalue weighted by atomic mass is 10.3. The Bertz CT molecular complexity index is 466. The molecule has 0 unspecified atom stereocenters. The molecule has 1 fully saturated rings. The molecule has 104 valence electrons. The summed E-state index contributed by atoms with van der Waals surface area (Å²) in [5.74, 6) is -0.820. The zero-order valence-electron chi connectivity index (χ0n) is 10.4. The highest BCUT2D eigenvalue weighted by atomic mass is 35.5. The van der Waals surface area contributed by atoms with Gasteiger partial charge in [0.1, 0.15) is 5.82 Å². The summed E-state index contributed by atoms with van der Waals surface area (Å²) in [7, 11) is 0. The number of halogens is 2. The molecule has 1 aromatic rings. The molecule has 0 heterocycles. The van der Waals surface area contributed by atoms with Crippen molar-refractivity contribution in [1.82, 2.24) is 4.90 Å². The molecule has 1 aliphatic carbocycles. The maximum absolute atomic E-state index is 13.5. The molecule has 1 amide bonds. The van der Waals surface area contributed by atoms with Crippen molar-refractivity contribution in [2.45, 2.75) is 18.9 Å². The number of hydrogen-bond acceptors (Lipinski definition) is 3. The van der Waals surface area contributed by atoms with Crippen molar-refractivity contribution in [2.24, 2.45) is 0 Å². The van der Waals surface area contributed by atoms with E-state index < -0.39 is 5.82 Å². The fourth-order valence-electron chi connectivity index (χ4n) is 1.93. The summed E-state index contributed by atoms with van der Waals surface area (Å²) in [6.07, 6.45) is 2.08. The highest BCUT2D eigenvalue weighted by Crippen LogP contribution is 2.26. The molecule has 4 nitrogen and oxygen atoms in total. The van der Waals surface area contributed by atoms with Gasteiger partial charge >= 0.3 is 0 Å². The minimum absolute atomic E-state index is 0.00923. The summed E-state index contributed by atoms with van der Waals surface area (Å²) >= 11 is 5.75. The van der Waals surface area contributed by atoms with Crippen LogP contribution in [0.3, 0.4) is 0 Å². The summed E-state index contributed by atoms with van der Waals surface area (Å²) in [5, 5.41) is 11.8. The van der Waals surface area contributed by atoms with E-state index in [1.165, 1.54) is 18.2 Å². The maximum Gasteiger partial charge on any atom is 0.238 e. The van der Waals surface area contributed by atoms with Crippen molar-refractivity contribution in [1.29, 1.82) is 0 Å². The second-order valence-electron chi connectivity index (χ2n) is 4.60. The number of aliphatic hydroxyl groups is 1. The third-order valence-electron chi connectivity index (χ3n) is 3.00. The van der Waals surface area contributed by atoms with Crippen LogP contribution in [0.5, 0.6) is 0 Å². The monoisotopic (exact) mass is 286 g/mol. The number of amides is 1. The Morgan fingerprint density at radius 2 is 2.26 bits per heavy atom. The van der Waals surface area contributed by atoms with Crippen LogP contribution in [0.25, 0.3) is 0 Å². The maximum atomic E-state index is 13.5. The number of aliphatic hydroxyl groups excluding tert-OH is 1. The van der Waals surface area contributed by atoms with Gasteiger partial charge in [0.25, 0.3) is 0 Å². The summed E-state index contributed by atoms with van der Waals surface area (Å²) in [5.41, 5.74) is 0.0808. The van der Waals surface area contributed by atoms with Crippen molar-refractivity contribution in [2.75, 3.05) is 25.0 Å². The number of carbonyl (C=O) groups is 1. The minimum Gasteiger partial charge on any atom is -0.395 e. The molecule has 0 aliphatic heterocycles. The van der Waals surface area contributed by atoms with Gasteiger partial charge in [-0.05, 0) is 31.0 Å². The smallest absolute Gasteiger partial charge is 0.238 e. The number of nitrogens with one attached hydrogen (secondary N) is 1. The van der Waals surface area contributed by atoms with Gasteiger partial charge in [-0.3, -0.25) is 9.69 Å². The van der Waals surface area contributed by atoms with Gasteiger partial charge in [-0.1, -0.05) is 11.6 Å². The number of rotatable bonds is 6. The van der Waals surface area contributed by atoms with Crippen molar-refractivity contribution in [3.8, 4) is 0 Å². The molecule has 1 aromatic carbocycles. The van der Waals surface area contributed by atoms with E-state index in [0.717, 1.165) is 12.8 Å². The summed E-state index contributed by atoms with van der Waals surface area (Å²) in [4.78, 5) is 13.7. The molecule has 0 atom stereocenters. The first-order chi connectivity index (χ1) is 9.10. The predicted octanol–water partition coefficient (Wildman–Crippen LogP) is 1.87. The Labute approximate surface area is 116 Å². The predicted molar refractivity (Wildman–Crippen MR) is 71.7 cm³/mol. The number of hydrogen-bond donors (Lipinski definition) is 2. The van der Waals surface area contributed by atoms with E-state index in [0.29, 0.717) is 17.6 Å². The fourth-order valence-corrected chi connectivity index (χ4v) is 2.10. The largest absolute Gasteiger partial charge is 0.395 e. The lowest BCUT2D eigenvalue weighted by molar-refractivity contribution is -0.117. The molecule has 0 aromatic heterocycles. The first-order valence-electron chi connectivity index (χ1n) is 6.20. The lowest BCUT2D eigenvalue weighted by Crippen LogP contribution is -2.36. The van der Waals surface area contributed by atoms with Crippen LogP contribution < -0.4 is 5.32 Å². The SMILES string of the molecule is O=C(CN(CCO)C1CC1)Nc1cc(Cl)ccc1F. The first kappa shape index (κ1) is 14.2. The Kier molecular flexibility index (Phi) is 4.74. The standard InChI is InChI=1S/C13H16ClFN2O2/c14-9-1-4-11(15)12(7-9)16-13(19)8-17(5-6-18)10-2-3-10/h1,4,7,10,18H,2-3,5-6,8H2,(H,16,19). The van der Waals surface area contributed by atoms with E-state index in [1.807, 2.05) is 4.90 Å². The van der Waals surface area contributed by atoms with Gasteiger partial charge in [-0.25, -0.2) is 4.39 Å². The quantitative estimate of drug-likeness (QED) is 0.839. The second-order valence-corrected chi connectivity index (χ2v) is 5.03. The molecule has 2 rings (SSSR count). The minimum atomic E-state index is -0.516. The Balaban J connectivity index is 1.94. The Morgan fingerprint density at radius 3 is 2.89 bits per heavy atom.